The highest BCUT2D eigenvalue weighted by molar-refractivity contribution is 5.22. The molecule has 0 unspecified atom stereocenters. The van der Waals surface area contributed by atoms with Crippen molar-refractivity contribution in [2.45, 2.75) is 26.7 Å². The Labute approximate surface area is 93.2 Å². The monoisotopic (exact) mass is 218 g/mol. The summed E-state index contributed by atoms with van der Waals surface area (Å²) in [4.78, 5) is 22.7. The predicted octanol–water partition coefficient (Wildman–Crippen LogP) is 1.39. The van der Waals surface area contributed by atoms with E-state index < -0.39 is 0 Å². The quantitative estimate of drug-likeness (QED) is 0.828. The fraction of sp³-hybridized carbons (Fsp3) is 0.364. The van der Waals surface area contributed by atoms with Crippen LogP contribution in [0.2, 0.25) is 0 Å². The zero-order chi connectivity index (χ0) is 11.7. The van der Waals surface area contributed by atoms with Gasteiger partial charge in [0.15, 0.2) is 0 Å². The molecule has 0 radical (unpaired) electrons. The highest BCUT2D eigenvalue weighted by Crippen LogP contribution is 2.09. The molecular formula is C11H14N4O. The van der Waals surface area contributed by atoms with E-state index in [9.17, 15) is 4.79 Å². The second kappa shape index (κ2) is 3.92. The molecule has 5 nitrogen and oxygen atoms in total. The zero-order valence-corrected chi connectivity index (χ0v) is 9.56. The summed E-state index contributed by atoms with van der Waals surface area (Å²) >= 11 is 0. The van der Waals surface area contributed by atoms with E-state index in [-0.39, 0.29) is 11.5 Å². The van der Waals surface area contributed by atoms with Crippen LogP contribution in [0.4, 0.5) is 0 Å². The number of nitrogens with one attached hydrogen (secondary N) is 1. The molecule has 84 valence electrons. The maximum atomic E-state index is 11.5. The largest absolute Gasteiger partial charge is 0.310 e. The Kier molecular flexibility index (Phi) is 2.60. The lowest BCUT2D eigenvalue weighted by Gasteiger charge is -2.06. The van der Waals surface area contributed by atoms with Crippen molar-refractivity contribution in [3.63, 3.8) is 0 Å². The summed E-state index contributed by atoms with van der Waals surface area (Å²) in [5, 5.41) is 0. The first-order chi connectivity index (χ1) is 7.56. The van der Waals surface area contributed by atoms with Crippen molar-refractivity contribution < 1.29 is 0 Å². The van der Waals surface area contributed by atoms with Gasteiger partial charge in [0, 0.05) is 18.2 Å². The molecule has 0 bridgehead atoms. The van der Waals surface area contributed by atoms with Gasteiger partial charge in [-0.1, -0.05) is 13.8 Å². The van der Waals surface area contributed by atoms with Crippen molar-refractivity contribution in [3.05, 3.63) is 40.5 Å². The molecule has 2 aromatic heterocycles. The van der Waals surface area contributed by atoms with Crippen LogP contribution < -0.4 is 5.56 Å². The number of aryl methyl sites for hydroxylation is 1. The number of nitrogens with zero attached hydrogens (tertiary/aromatic N) is 3. The highest BCUT2D eigenvalue weighted by atomic mass is 16.1. The molecule has 0 aromatic carbocycles. The van der Waals surface area contributed by atoms with Gasteiger partial charge in [-0.05, 0) is 6.92 Å². The van der Waals surface area contributed by atoms with E-state index in [1.165, 1.54) is 6.07 Å². The van der Waals surface area contributed by atoms with Gasteiger partial charge in [-0.2, -0.15) is 0 Å². The lowest BCUT2D eigenvalue weighted by molar-refractivity contribution is 0.754. The van der Waals surface area contributed by atoms with Crippen molar-refractivity contribution in [3.8, 4) is 5.82 Å². The van der Waals surface area contributed by atoms with Crippen LogP contribution in [0.15, 0.2) is 23.4 Å². The maximum absolute atomic E-state index is 11.5. The zero-order valence-electron chi connectivity index (χ0n) is 9.56. The van der Waals surface area contributed by atoms with E-state index in [0.29, 0.717) is 11.6 Å². The minimum atomic E-state index is -0.139. The van der Waals surface area contributed by atoms with E-state index in [1.54, 1.807) is 10.9 Å². The lowest BCUT2D eigenvalue weighted by atomic mass is 10.2. The molecule has 16 heavy (non-hydrogen) atoms. The first-order valence-corrected chi connectivity index (χ1v) is 5.18. The maximum Gasteiger partial charge on any atom is 0.253 e. The molecule has 2 heterocycles. The van der Waals surface area contributed by atoms with Crippen molar-refractivity contribution >= 4 is 0 Å². The third kappa shape index (κ3) is 2.03. The van der Waals surface area contributed by atoms with Gasteiger partial charge in [0.25, 0.3) is 5.56 Å². The second-order valence-corrected chi connectivity index (χ2v) is 4.07. The van der Waals surface area contributed by atoms with E-state index in [1.807, 2.05) is 27.0 Å². The van der Waals surface area contributed by atoms with Gasteiger partial charge in [0.2, 0.25) is 0 Å². The van der Waals surface area contributed by atoms with E-state index in [2.05, 4.69) is 15.0 Å². The van der Waals surface area contributed by atoms with Gasteiger partial charge in [-0.15, -0.1) is 0 Å². The highest BCUT2D eigenvalue weighted by Gasteiger charge is 2.06. The molecule has 0 fully saturated rings. The van der Waals surface area contributed by atoms with Crippen molar-refractivity contribution in [2.75, 3.05) is 0 Å². The van der Waals surface area contributed by atoms with Crippen molar-refractivity contribution in [1.29, 1.82) is 0 Å². The summed E-state index contributed by atoms with van der Waals surface area (Å²) in [7, 11) is 0. The van der Waals surface area contributed by atoms with Crippen molar-refractivity contribution in [1.82, 2.24) is 19.5 Å². The van der Waals surface area contributed by atoms with Crippen LogP contribution in [0.25, 0.3) is 5.82 Å². The summed E-state index contributed by atoms with van der Waals surface area (Å²) in [6.07, 6.45) is 3.49. The Morgan fingerprint density at radius 3 is 2.75 bits per heavy atom. The number of aromatic amines is 1. The summed E-state index contributed by atoms with van der Waals surface area (Å²) in [6, 6.07) is 1.47. The van der Waals surface area contributed by atoms with E-state index >= 15 is 0 Å². The Bertz CT molecular complexity index is 553. The van der Waals surface area contributed by atoms with Gasteiger partial charge in [0.05, 0.1) is 5.69 Å². The molecule has 0 spiro atoms. The van der Waals surface area contributed by atoms with Crippen LogP contribution in [0.1, 0.15) is 31.3 Å². The van der Waals surface area contributed by atoms with E-state index in [0.717, 1.165) is 5.69 Å². The predicted molar refractivity (Wildman–Crippen MR) is 60.8 cm³/mol. The van der Waals surface area contributed by atoms with Gasteiger partial charge in [-0.3, -0.25) is 9.36 Å². The summed E-state index contributed by atoms with van der Waals surface area (Å²) in [6.45, 7) is 5.87. The summed E-state index contributed by atoms with van der Waals surface area (Å²) in [5.41, 5.74) is 0.758. The molecular weight excluding hydrogens is 204 g/mol. The molecule has 0 aliphatic rings. The average molecular weight is 218 g/mol. The van der Waals surface area contributed by atoms with Crippen LogP contribution in [0, 0.1) is 6.92 Å². The van der Waals surface area contributed by atoms with Gasteiger partial charge in [-0.25, -0.2) is 9.97 Å². The topological polar surface area (TPSA) is 63.6 Å². The average Bonchev–Trinajstić information content (AvgIpc) is 2.64. The fourth-order valence-corrected chi connectivity index (χ4v) is 1.42. The first kappa shape index (κ1) is 10.6. The molecule has 2 aromatic rings. The molecule has 0 aliphatic carbocycles. The third-order valence-corrected chi connectivity index (χ3v) is 2.27. The number of hydrogen-bond acceptors (Lipinski definition) is 3. The van der Waals surface area contributed by atoms with Crippen LogP contribution >= 0.6 is 0 Å². The lowest BCUT2D eigenvalue weighted by Crippen LogP contribution is -2.14. The number of aromatic nitrogens is 4. The number of imidazole rings is 1. The van der Waals surface area contributed by atoms with Crippen LogP contribution in [-0.4, -0.2) is 19.5 Å². The number of hydrogen-bond donors (Lipinski definition) is 1. The number of H-pyrrole nitrogens is 1. The first-order valence-electron chi connectivity index (χ1n) is 5.18. The Hall–Kier alpha value is -1.91. The molecule has 5 heteroatoms. The van der Waals surface area contributed by atoms with Crippen LogP contribution in [0.5, 0.6) is 0 Å². The number of rotatable bonds is 2. The minimum absolute atomic E-state index is 0.139. The molecule has 0 saturated heterocycles. The van der Waals surface area contributed by atoms with Crippen LogP contribution in [0.3, 0.4) is 0 Å². The molecule has 0 aliphatic heterocycles. The summed E-state index contributed by atoms with van der Waals surface area (Å²) < 4.78 is 1.75. The minimum Gasteiger partial charge on any atom is -0.310 e. The fourth-order valence-electron chi connectivity index (χ4n) is 1.42. The van der Waals surface area contributed by atoms with E-state index in [4.69, 9.17) is 0 Å². The third-order valence-electron chi connectivity index (χ3n) is 2.27. The SMILES string of the molecule is Cc1cn(-c2cc(=O)[nH]c(C(C)C)n2)cn1. The molecule has 1 N–H and O–H groups in total. The smallest absolute Gasteiger partial charge is 0.253 e. The van der Waals surface area contributed by atoms with Gasteiger partial charge >= 0.3 is 0 Å². The van der Waals surface area contributed by atoms with Gasteiger partial charge < -0.3 is 4.98 Å². The molecule has 0 saturated carbocycles. The normalized spacial score (nSPS) is 11.0. The Morgan fingerprint density at radius 2 is 2.19 bits per heavy atom. The Balaban J connectivity index is 2.53. The van der Waals surface area contributed by atoms with Crippen LogP contribution in [-0.2, 0) is 0 Å². The van der Waals surface area contributed by atoms with Gasteiger partial charge in [0.1, 0.15) is 18.0 Å². The molecule has 2 rings (SSSR count). The second-order valence-electron chi connectivity index (χ2n) is 4.07. The Morgan fingerprint density at radius 1 is 1.44 bits per heavy atom. The van der Waals surface area contributed by atoms with Crippen molar-refractivity contribution in [2.24, 2.45) is 0 Å². The summed E-state index contributed by atoms with van der Waals surface area (Å²) in [5.74, 6) is 1.49. The standard InChI is InChI=1S/C11H14N4O/c1-7(2)11-13-9(4-10(16)14-11)15-5-8(3)12-6-15/h4-7H,1-3H3,(H,13,14,16). The molecule has 0 amide bonds. The molecule has 0 atom stereocenters.